The van der Waals surface area contributed by atoms with Gasteiger partial charge >= 0.3 is 0 Å². The van der Waals surface area contributed by atoms with E-state index in [2.05, 4.69) is 22.6 Å². The van der Waals surface area contributed by atoms with Crippen LogP contribution in [0.3, 0.4) is 0 Å². The molecule has 1 rings (SSSR count). The Bertz CT molecular complexity index is 260. The minimum atomic E-state index is 0.423. The lowest BCUT2D eigenvalue weighted by atomic mass is 10.1. The van der Waals surface area contributed by atoms with Gasteiger partial charge in [-0.2, -0.15) is 0 Å². The van der Waals surface area contributed by atoms with Crippen LogP contribution in [0.1, 0.15) is 5.56 Å². The molecule has 0 atom stereocenters. The van der Waals surface area contributed by atoms with E-state index >= 15 is 0 Å². The van der Waals surface area contributed by atoms with Crippen LogP contribution in [0.25, 0.3) is 0 Å². The Labute approximate surface area is 85.1 Å². The Hall–Kier alpha value is -0.580. The van der Waals surface area contributed by atoms with Crippen LogP contribution in [0, 0.1) is 0 Å². The Morgan fingerprint density at radius 2 is 2.17 bits per heavy atom. The van der Waals surface area contributed by atoms with Gasteiger partial charge < -0.3 is 9.53 Å². The van der Waals surface area contributed by atoms with Gasteiger partial charge in [0.2, 0.25) is 0 Å². The van der Waals surface area contributed by atoms with Crippen LogP contribution in [0.5, 0.6) is 5.75 Å². The van der Waals surface area contributed by atoms with E-state index in [0.717, 1.165) is 17.6 Å². The summed E-state index contributed by atoms with van der Waals surface area (Å²) in [6, 6.07) is 7.57. The first-order valence-electron chi connectivity index (χ1n) is 3.58. The average molecular weight is 276 g/mol. The van der Waals surface area contributed by atoms with Crippen LogP contribution in [0.2, 0.25) is 0 Å². The molecular formula is C9H9IO2. The number of ether oxygens (including phenoxy) is 1. The Morgan fingerprint density at radius 3 is 2.83 bits per heavy atom. The summed E-state index contributed by atoms with van der Waals surface area (Å²) in [5.74, 6) is 0.805. The largest absolute Gasteiger partial charge is 0.483 e. The maximum Gasteiger partial charge on any atom is 0.139 e. The molecule has 0 N–H and O–H groups in total. The first-order chi connectivity index (χ1) is 5.88. The zero-order valence-electron chi connectivity index (χ0n) is 6.50. The maximum absolute atomic E-state index is 10.3. The molecule has 0 saturated heterocycles. The first kappa shape index (κ1) is 9.51. The minimum absolute atomic E-state index is 0.423. The molecule has 0 aliphatic carbocycles. The third-order valence-corrected chi connectivity index (χ3v) is 1.80. The molecule has 0 spiro atoms. The zero-order chi connectivity index (χ0) is 8.81. The molecule has 0 bridgehead atoms. The van der Waals surface area contributed by atoms with Gasteiger partial charge in [-0.25, -0.2) is 0 Å². The summed E-state index contributed by atoms with van der Waals surface area (Å²) in [7, 11) is 0. The van der Waals surface area contributed by atoms with Crippen molar-refractivity contribution in [2.45, 2.75) is 6.42 Å². The van der Waals surface area contributed by atoms with Crippen LogP contribution in [-0.2, 0) is 11.2 Å². The smallest absolute Gasteiger partial charge is 0.139 e. The van der Waals surface area contributed by atoms with E-state index in [4.69, 9.17) is 4.74 Å². The zero-order valence-corrected chi connectivity index (χ0v) is 8.65. The lowest BCUT2D eigenvalue weighted by molar-refractivity contribution is -0.107. The fraction of sp³-hybridized carbons (Fsp3) is 0.222. The molecule has 0 unspecified atom stereocenters. The van der Waals surface area contributed by atoms with Crippen molar-refractivity contribution in [2.75, 3.05) is 4.61 Å². The maximum atomic E-state index is 10.3. The van der Waals surface area contributed by atoms with E-state index in [1.165, 1.54) is 0 Å². The van der Waals surface area contributed by atoms with Crippen molar-refractivity contribution >= 4 is 28.9 Å². The standard InChI is InChI=1S/C9H9IO2/c10-7-12-9-4-2-1-3-8(9)5-6-11/h1-4,6H,5,7H2. The number of halogens is 1. The highest BCUT2D eigenvalue weighted by Gasteiger charge is 1.99. The fourth-order valence-electron chi connectivity index (χ4n) is 0.962. The van der Waals surface area contributed by atoms with Gasteiger partial charge in [0.05, 0.1) is 0 Å². The lowest BCUT2D eigenvalue weighted by Gasteiger charge is -2.05. The predicted molar refractivity (Wildman–Crippen MR) is 55.7 cm³/mol. The molecule has 1 aromatic carbocycles. The summed E-state index contributed by atoms with van der Waals surface area (Å²) in [5.41, 5.74) is 0.948. The van der Waals surface area contributed by atoms with Crippen LogP contribution >= 0.6 is 22.6 Å². The van der Waals surface area contributed by atoms with Crippen molar-refractivity contribution in [3.8, 4) is 5.75 Å². The third-order valence-electron chi connectivity index (χ3n) is 1.49. The second-order valence-electron chi connectivity index (χ2n) is 2.23. The van der Waals surface area contributed by atoms with E-state index in [1.807, 2.05) is 24.3 Å². The number of benzene rings is 1. The third kappa shape index (κ3) is 2.48. The highest BCUT2D eigenvalue weighted by molar-refractivity contribution is 14.1. The molecule has 0 aliphatic heterocycles. The van der Waals surface area contributed by atoms with E-state index < -0.39 is 0 Å². The quantitative estimate of drug-likeness (QED) is 0.479. The molecule has 3 heteroatoms. The number of hydrogen-bond donors (Lipinski definition) is 0. The van der Waals surface area contributed by atoms with Crippen molar-refractivity contribution < 1.29 is 9.53 Å². The van der Waals surface area contributed by atoms with Gasteiger partial charge in [0, 0.05) is 12.0 Å². The Balaban J connectivity index is 2.83. The van der Waals surface area contributed by atoms with Crippen LogP contribution in [0.15, 0.2) is 24.3 Å². The number of hydrogen-bond acceptors (Lipinski definition) is 2. The second kappa shape index (κ2) is 5.13. The van der Waals surface area contributed by atoms with Gasteiger partial charge in [0.1, 0.15) is 16.6 Å². The van der Waals surface area contributed by atoms with Crippen LogP contribution in [-0.4, -0.2) is 10.9 Å². The summed E-state index contributed by atoms with van der Waals surface area (Å²) < 4.78 is 5.92. The summed E-state index contributed by atoms with van der Waals surface area (Å²) in [4.78, 5) is 10.3. The number of alkyl halides is 1. The number of para-hydroxylation sites is 1. The van der Waals surface area contributed by atoms with Gasteiger partial charge in [-0.3, -0.25) is 0 Å². The second-order valence-corrected chi connectivity index (χ2v) is 2.85. The first-order valence-corrected chi connectivity index (χ1v) is 5.11. The minimum Gasteiger partial charge on any atom is -0.483 e. The number of carbonyl (C=O) groups excluding carboxylic acids is 1. The normalized spacial score (nSPS) is 9.42. The molecule has 0 heterocycles. The summed E-state index contributed by atoms with van der Waals surface area (Å²) in [6.07, 6.45) is 1.31. The molecule has 2 nitrogen and oxygen atoms in total. The molecule has 0 radical (unpaired) electrons. The van der Waals surface area contributed by atoms with Crippen molar-refractivity contribution in [2.24, 2.45) is 0 Å². The fourth-order valence-corrected chi connectivity index (χ4v) is 1.30. The van der Waals surface area contributed by atoms with Gasteiger partial charge in [-0.05, 0) is 28.7 Å². The van der Waals surface area contributed by atoms with Gasteiger partial charge in [0.15, 0.2) is 0 Å². The van der Waals surface area contributed by atoms with Gasteiger partial charge in [-0.1, -0.05) is 18.2 Å². The van der Waals surface area contributed by atoms with E-state index in [0.29, 0.717) is 11.0 Å². The Morgan fingerprint density at radius 1 is 1.42 bits per heavy atom. The number of aldehydes is 1. The number of carbonyl (C=O) groups is 1. The van der Waals surface area contributed by atoms with E-state index in [-0.39, 0.29) is 0 Å². The van der Waals surface area contributed by atoms with Crippen molar-refractivity contribution in [3.05, 3.63) is 29.8 Å². The predicted octanol–water partition coefficient (Wildman–Crippen LogP) is 2.20. The monoisotopic (exact) mass is 276 g/mol. The van der Waals surface area contributed by atoms with Crippen molar-refractivity contribution in [3.63, 3.8) is 0 Å². The average Bonchev–Trinajstić information content (AvgIpc) is 2.09. The molecular weight excluding hydrogens is 267 g/mol. The highest BCUT2D eigenvalue weighted by atomic mass is 127. The molecule has 0 amide bonds. The van der Waals surface area contributed by atoms with Gasteiger partial charge in [0.25, 0.3) is 0 Å². The SMILES string of the molecule is O=CCc1ccccc1OCI. The molecule has 0 fully saturated rings. The molecule has 0 aliphatic rings. The molecule has 1 aromatic rings. The van der Waals surface area contributed by atoms with E-state index in [9.17, 15) is 4.79 Å². The molecule has 12 heavy (non-hydrogen) atoms. The lowest BCUT2D eigenvalue weighted by Crippen LogP contribution is -1.94. The van der Waals surface area contributed by atoms with Crippen molar-refractivity contribution in [1.29, 1.82) is 0 Å². The van der Waals surface area contributed by atoms with Crippen LogP contribution in [0.4, 0.5) is 0 Å². The molecule has 0 saturated carbocycles. The van der Waals surface area contributed by atoms with Gasteiger partial charge in [-0.15, -0.1) is 0 Å². The Kier molecular flexibility index (Phi) is 4.07. The summed E-state index contributed by atoms with van der Waals surface area (Å²) in [6.45, 7) is 0. The highest BCUT2D eigenvalue weighted by Crippen LogP contribution is 2.18. The van der Waals surface area contributed by atoms with Crippen LogP contribution < -0.4 is 4.74 Å². The summed E-state index contributed by atoms with van der Waals surface area (Å²) in [5, 5.41) is 0. The van der Waals surface area contributed by atoms with E-state index in [1.54, 1.807) is 0 Å². The molecule has 0 aromatic heterocycles. The summed E-state index contributed by atoms with van der Waals surface area (Å²) >= 11 is 2.13. The van der Waals surface area contributed by atoms with Crippen molar-refractivity contribution in [1.82, 2.24) is 0 Å². The topological polar surface area (TPSA) is 26.3 Å². The number of rotatable bonds is 4. The molecule has 64 valence electrons.